The first kappa shape index (κ1) is 13.2. The maximum atomic E-state index is 9.26. The third-order valence-corrected chi connectivity index (χ3v) is 4.17. The number of nitrogens with one attached hydrogen (secondary N) is 1. The lowest BCUT2D eigenvalue weighted by Crippen LogP contribution is -2.08. The molecule has 4 heteroatoms. The van der Waals surface area contributed by atoms with Gasteiger partial charge in [0.2, 0.25) is 0 Å². The van der Waals surface area contributed by atoms with Crippen LogP contribution in [-0.2, 0) is 0 Å². The van der Waals surface area contributed by atoms with Gasteiger partial charge in [0.05, 0.1) is 4.88 Å². The minimum absolute atomic E-state index is 0.0774. The summed E-state index contributed by atoms with van der Waals surface area (Å²) in [5.41, 5.74) is 7.29. The van der Waals surface area contributed by atoms with E-state index < -0.39 is 0 Å². The van der Waals surface area contributed by atoms with Gasteiger partial charge in [-0.2, -0.15) is 0 Å². The summed E-state index contributed by atoms with van der Waals surface area (Å²) in [6, 6.07) is 14.6. The number of phenolic OH excluding ortho intramolecular Hbond substituents is 1. The fourth-order valence-corrected chi connectivity index (χ4v) is 2.94. The zero-order valence-electron chi connectivity index (χ0n) is 11.1. The second kappa shape index (κ2) is 5.31. The molecule has 3 aromatic rings. The maximum absolute atomic E-state index is 9.26. The van der Waals surface area contributed by atoms with Crippen molar-refractivity contribution >= 4 is 27.3 Å². The molecule has 0 atom stereocenters. The van der Waals surface area contributed by atoms with Gasteiger partial charge in [-0.3, -0.25) is 5.41 Å². The number of thiophene rings is 1. The average molecular weight is 292 g/mol. The first-order valence-electron chi connectivity index (χ1n) is 6.31. The van der Waals surface area contributed by atoms with Crippen molar-refractivity contribution in [1.82, 2.24) is 0 Å². The van der Waals surface area contributed by atoms with Gasteiger partial charge in [-0.25, -0.2) is 0 Å². The summed E-state index contributed by atoms with van der Waals surface area (Å²) >= 11 is 1.49. The van der Waals surface area contributed by atoms with Gasteiger partial charge in [-0.1, -0.05) is 17.9 Å². The van der Waals surface area contributed by atoms with Crippen LogP contribution in [-0.4, -0.2) is 10.9 Å². The molecule has 1 aromatic heterocycles. The van der Waals surface area contributed by atoms with E-state index in [4.69, 9.17) is 11.1 Å². The molecule has 0 bridgehead atoms. The second-order valence-electron chi connectivity index (χ2n) is 4.54. The number of rotatable bonds is 1. The van der Waals surface area contributed by atoms with E-state index in [1.807, 2.05) is 24.3 Å². The number of benzene rings is 2. The van der Waals surface area contributed by atoms with Crippen LogP contribution in [0.4, 0.5) is 0 Å². The Bertz CT molecular complexity index is 883. The molecule has 2 aromatic carbocycles. The summed E-state index contributed by atoms with van der Waals surface area (Å²) in [4.78, 5) is 0.754. The van der Waals surface area contributed by atoms with Crippen molar-refractivity contribution in [3.05, 3.63) is 64.5 Å². The Balaban J connectivity index is 2.05. The molecule has 0 unspecified atom stereocenters. The van der Waals surface area contributed by atoms with Crippen molar-refractivity contribution in [3.63, 3.8) is 0 Å². The molecule has 0 aliphatic heterocycles. The van der Waals surface area contributed by atoms with Crippen molar-refractivity contribution in [2.24, 2.45) is 5.73 Å². The molecular formula is C17H12N2OS. The highest BCUT2D eigenvalue weighted by Crippen LogP contribution is 2.27. The number of nitrogens with two attached hydrogens (primary N) is 1. The van der Waals surface area contributed by atoms with E-state index in [9.17, 15) is 5.11 Å². The van der Waals surface area contributed by atoms with E-state index >= 15 is 0 Å². The summed E-state index contributed by atoms with van der Waals surface area (Å²) < 4.78 is 1.07. The number of amidine groups is 1. The molecule has 3 rings (SSSR count). The number of fused-ring (bicyclic) bond motifs is 1. The van der Waals surface area contributed by atoms with Crippen LogP contribution in [0.5, 0.6) is 5.75 Å². The number of nitrogen functional groups attached to an aromatic ring is 1. The van der Waals surface area contributed by atoms with Crippen LogP contribution in [0.2, 0.25) is 0 Å². The van der Waals surface area contributed by atoms with Gasteiger partial charge in [0.15, 0.2) is 0 Å². The third kappa shape index (κ3) is 2.73. The summed E-state index contributed by atoms with van der Waals surface area (Å²) in [5.74, 6) is 6.52. The molecule has 0 saturated heterocycles. The molecule has 21 heavy (non-hydrogen) atoms. The molecule has 0 aliphatic carbocycles. The molecule has 0 saturated carbocycles. The Labute approximate surface area is 126 Å². The van der Waals surface area contributed by atoms with Gasteiger partial charge in [0, 0.05) is 21.2 Å². The molecule has 0 amide bonds. The molecular weight excluding hydrogens is 280 g/mol. The summed E-state index contributed by atoms with van der Waals surface area (Å²) in [7, 11) is 0. The third-order valence-electron chi connectivity index (χ3n) is 3.04. The predicted octanol–water partition coefficient (Wildman–Crippen LogP) is 3.29. The van der Waals surface area contributed by atoms with Crippen LogP contribution < -0.4 is 5.73 Å². The van der Waals surface area contributed by atoms with E-state index in [1.54, 1.807) is 24.3 Å². The van der Waals surface area contributed by atoms with Crippen molar-refractivity contribution in [1.29, 1.82) is 5.41 Å². The Morgan fingerprint density at radius 1 is 1.10 bits per heavy atom. The van der Waals surface area contributed by atoms with Crippen molar-refractivity contribution in [3.8, 4) is 17.6 Å². The fourth-order valence-electron chi connectivity index (χ4n) is 1.99. The highest BCUT2D eigenvalue weighted by atomic mass is 32.1. The van der Waals surface area contributed by atoms with E-state index in [2.05, 4.69) is 11.8 Å². The van der Waals surface area contributed by atoms with Gasteiger partial charge in [-0.05, 0) is 42.5 Å². The number of hydrogen-bond donors (Lipinski definition) is 3. The average Bonchev–Trinajstić information content (AvgIpc) is 2.91. The highest BCUT2D eigenvalue weighted by Gasteiger charge is 2.06. The molecule has 3 nitrogen and oxygen atoms in total. The Morgan fingerprint density at radius 3 is 2.57 bits per heavy atom. The normalized spacial score (nSPS) is 10.1. The smallest absolute Gasteiger partial charge is 0.133 e. The first-order chi connectivity index (χ1) is 10.1. The van der Waals surface area contributed by atoms with Gasteiger partial charge in [0.25, 0.3) is 0 Å². The minimum Gasteiger partial charge on any atom is -0.508 e. The zero-order chi connectivity index (χ0) is 14.8. The van der Waals surface area contributed by atoms with Crippen LogP contribution in [0, 0.1) is 17.3 Å². The zero-order valence-corrected chi connectivity index (χ0v) is 11.9. The van der Waals surface area contributed by atoms with E-state index in [0.29, 0.717) is 0 Å². The predicted molar refractivity (Wildman–Crippen MR) is 86.9 cm³/mol. The largest absolute Gasteiger partial charge is 0.508 e. The monoisotopic (exact) mass is 292 g/mol. The molecule has 102 valence electrons. The van der Waals surface area contributed by atoms with Crippen molar-refractivity contribution < 1.29 is 5.11 Å². The van der Waals surface area contributed by atoms with Crippen molar-refractivity contribution in [2.45, 2.75) is 0 Å². The number of aromatic hydroxyl groups is 1. The fraction of sp³-hybridized carbons (Fsp3) is 0. The minimum atomic E-state index is 0.0774. The van der Waals surface area contributed by atoms with Crippen LogP contribution >= 0.6 is 11.3 Å². The first-order valence-corrected chi connectivity index (χ1v) is 7.13. The van der Waals surface area contributed by atoms with E-state index in [0.717, 1.165) is 26.1 Å². The Hall–Kier alpha value is -2.77. The lowest BCUT2D eigenvalue weighted by atomic mass is 10.1. The maximum Gasteiger partial charge on any atom is 0.133 e. The Morgan fingerprint density at radius 2 is 1.86 bits per heavy atom. The second-order valence-corrected chi connectivity index (χ2v) is 5.62. The molecule has 0 fully saturated rings. The van der Waals surface area contributed by atoms with Gasteiger partial charge >= 0.3 is 0 Å². The lowest BCUT2D eigenvalue weighted by molar-refractivity contribution is 0.475. The topological polar surface area (TPSA) is 70.1 Å². The van der Waals surface area contributed by atoms with Crippen LogP contribution in [0.3, 0.4) is 0 Å². The van der Waals surface area contributed by atoms with Crippen molar-refractivity contribution in [2.75, 3.05) is 0 Å². The highest BCUT2D eigenvalue weighted by molar-refractivity contribution is 7.20. The summed E-state index contributed by atoms with van der Waals surface area (Å²) in [5, 5.41) is 17.8. The lowest BCUT2D eigenvalue weighted by Gasteiger charge is -1.94. The SMILES string of the molecule is N=C(N)c1cc2c(C#Cc3ccc(O)cc3)cccc2s1. The quantitative estimate of drug-likeness (QED) is 0.366. The van der Waals surface area contributed by atoms with Crippen LogP contribution in [0.1, 0.15) is 16.0 Å². The summed E-state index contributed by atoms with van der Waals surface area (Å²) in [6.07, 6.45) is 0. The molecule has 0 spiro atoms. The molecule has 0 aliphatic rings. The number of hydrogen-bond acceptors (Lipinski definition) is 3. The van der Waals surface area contributed by atoms with Gasteiger partial charge in [0.1, 0.15) is 11.6 Å². The number of phenols is 1. The van der Waals surface area contributed by atoms with Gasteiger partial charge < -0.3 is 10.8 Å². The Kier molecular flexibility index (Phi) is 3.35. The molecule has 1 heterocycles. The molecule has 4 N–H and O–H groups in total. The standard InChI is InChI=1S/C17H12N2OS/c18-17(19)16-10-14-12(2-1-3-15(14)21-16)7-4-11-5-8-13(20)9-6-11/h1-3,5-6,8-10,20H,(H3,18,19). The molecule has 0 radical (unpaired) electrons. The van der Waals surface area contributed by atoms with E-state index in [-0.39, 0.29) is 11.6 Å². The van der Waals surface area contributed by atoms with Crippen LogP contribution in [0.15, 0.2) is 48.5 Å². The van der Waals surface area contributed by atoms with Crippen LogP contribution in [0.25, 0.3) is 10.1 Å². The van der Waals surface area contributed by atoms with Gasteiger partial charge in [-0.15, -0.1) is 11.3 Å². The van der Waals surface area contributed by atoms with E-state index in [1.165, 1.54) is 11.3 Å². The summed E-state index contributed by atoms with van der Waals surface area (Å²) in [6.45, 7) is 0.